The number of methoxy groups -OCH3 is 1. The predicted octanol–water partition coefficient (Wildman–Crippen LogP) is 1.53. The van der Waals surface area contributed by atoms with Gasteiger partial charge in [0.25, 0.3) is 0 Å². The van der Waals surface area contributed by atoms with E-state index in [1.54, 1.807) is 25.3 Å². The summed E-state index contributed by atoms with van der Waals surface area (Å²) >= 11 is 2.14. The maximum Gasteiger partial charge on any atom is 0.201 e. The first kappa shape index (κ1) is 13.2. The van der Waals surface area contributed by atoms with Crippen LogP contribution in [0.2, 0.25) is 0 Å². The van der Waals surface area contributed by atoms with E-state index in [9.17, 15) is 0 Å². The second kappa shape index (κ2) is 6.05. The van der Waals surface area contributed by atoms with Crippen LogP contribution in [0.15, 0.2) is 23.3 Å². The van der Waals surface area contributed by atoms with Gasteiger partial charge in [0, 0.05) is 6.07 Å². The van der Waals surface area contributed by atoms with Crippen molar-refractivity contribution in [1.82, 2.24) is 0 Å². The number of hydrazone groups is 1. The summed E-state index contributed by atoms with van der Waals surface area (Å²) in [6, 6.07) is 7.08. The van der Waals surface area contributed by atoms with E-state index >= 15 is 0 Å². The maximum atomic E-state index is 8.65. The van der Waals surface area contributed by atoms with Gasteiger partial charge < -0.3 is 10.5 Å². The molecule has 0 unspecified atom stereocenters. The van der Waals surface area contributed by atoms with Crippen LogP contribution >= 0.6 is 22.6 Å². The molecular weight excluding hydrogens is 333 g/mol. The van der Waals surface area contributed by atoms with Crippen LogP contribution in [-0.4, -0.2) is 18.7 Å². The lowest BCUT2D eigenvalue weighted by Gasteiger charge is -2.06. The van der Waals surface area contributed by atoms with E-state index in [-0.39, 0.29) is 11.5 Å². The number of nitriles is 1. The summed E-state index contributed by atoms with van der Waals surface area (Å²) in [7, 11) is 1.57. The molecule has 17 heavy (non-hydrogen) atoms. The Morgan fingerprint density at radius 1 is 1.65 bits per heavy atom. The van der Waals surface area contributed by atoms with E-state index in [0.717, 1.165) is 3.57 Å². The van der Waals surface area contributed by atoms with Gasteiger partial charge in [0.05, 0.1) is 16.4 Å². The summed E-state index contributed by atoms with van der Waals surface area (Å²) < 4.78 is 6.10. The molecule has 0 spiro atoms. The predicted molar refractivity (Wildman–Crippen MR) is 74.3 cm³/mol. The lowest BCUT2D eigenvalue weighted by molar-refractivity contribution is 0.412. The van der Waals surface area contributed by atoms with Crippen LogP contribution in [0.5, 0.6) is 5.75 Å². The van der Waals surface area contributed by atoms with E-state index in [4.69, 9.17) is 21.1 Å². The quantitative estimate of drug-likeness (QED) is 0.333. The van der Waals surface area contributed by atoms with Gasteiger partial charge in [-0.05, 0) is 34.7 Å². The molecule has 1 aromatic rings. The monoisotopic (exact) mass is 343 g/mol. The van der Waals surface area contributed by atoms with Gasteiger partial charge in [0.2, 0.25) is 5.71 Å². The number of anilines is 1. The van der Waals surface area contributed by atoms with E-state index in [0.29, 0.717) is 11.4 Å². The summed E-state index contributed by atoms with van der Waals surface area (Å²) in [5.74, 6) is 0.324. The Morgan fingerprint density at radius 3 is 2.88 bits per heavy atom. The molecule has 0 radical (unpaired) electrons. The van der Waals surface area contributed by atoms with Crippen molar-refractivity contribution in [1.29, 1.82) is 10.7 Å². The number of ether oxygens (including phenoxy) is 1. The number of amidine groups is 1. The third kappa shape index (κ3) is 3.60. The summed E-state index contributed by atoms with van der Waals surface area (Å²) in [5.41, 5.74) is 8.28. The molecule has 0 aliphatic rings. The van der Waals surface area contributed by atoms with Crippen molar-refractivity contribution in [3.05, 3.63) is 21.8 Å². The van der Waals surface area contributed by atoms with E-state index in [2.05, 4.69) is 33.1 Å². The topological polar surface area (TPSA) is 107 Å². The number of hydrogen-bond donors (Lipinski definition) is 3. The van der Waals surface area contributed by atoms with E-state index in [1.165, 1.54) is 0 Å². The van der Waals surface area contributed by atoms with Crippen molar-refractivity contribution in [3.63, 3.8) is 0 Å². The first-order valence-corrected chi connectivity index (χ1v) is 5.58. The summed E-state index contributed by atoms with van der Waals surface area (Å²) in [6.45, 7) is 0. The number of nitrogens with zero attached hydrogens (tertiary/aromatic N) is 2. The van der Waals surface area contributed by atoms with Gasteiger partial charge in [-0.1, -0.05) is 0 Å². The molecule has 0 aliphatic carbocycles. The third-order valence-corrected chi connectivity index (χ3v) is 2.70. The van der Waals surface area contributed by atoms with Crippen molar-refractivity contribution in [2.75, 3.05) is 12.5 Å². The second-order valence-corrected chi connectivity index (χ2v) is 4.11. The zero-order valence-electron chi connectivity index (χ0n) is 8.99. The minimum absolute atomic E-state index is 0.164. The number of nitrogens with one attached hydrogen (secondary N) is 2. The van der Waals surface area contributed by atoms with Crippen LogP contribution in [0.3, 0.4) is 0 Å². The fourth-order valence-electron chi connectivity index (χ4n) is 0.995. The number of hydrogen-bond acceptors (Lipinski definition) is 5. The van der Waals surface area contributed by atoms with Gasteiger partial charge in [-0.2, -0.15) is 10.4 Å². The van der Waals surface area contributed by atoms with Gasteiger partial charge in [0.15, 0.2) is 5.84 Å². The summed E-state index contributed by atoms with van der Waals surface area (Å²) in [4.78, 5) is 0. The van der Waals surface area contributed by atoms with Gasteiger partial charge in [-0.15, -0.1) is 0 Å². The molecule has 0 fully saturated rings. The molecule has 88 valence electrons. The van der Waals surface area contributed by atoms with Gasteiger partial charge in [-0.3, -0.25) is 10.8 Å². The van der Waals surface area contributed by atoms with Crippen molar-refractivity contribution in [2.45, 2.75) is 0 Å². The van der Waals surface area contributed by atoms with Crippen molar-refractivity contribution >= 4 is 39.8 Å². The fraction of sp³-hybridized carbons (Fsp3) is 0.100. The second-order valence-electron chi connectivity index (χ2n) is 2.95. The molecule has 1 aromatic carbocycles. The van der Waals surface area contributed by atoms with Crippen LogP contribution in [0.1, 0.15) is 0 Å². The molecule has 0 saturated carbocycles. The molecule has 0 atom stereocenters. The molecule has 1 rings (SSSR count). The number of halogens is 1. The normalized spacial score (nSPS) is 10.5. The summed E-state index contributed by atoms with van der Waals surface area (Å²) in [6.07, 6.45) is 0. The molecular formula is C10H10IN5O. The Hall–Kier alpha value is -1.82. The lowest BCUT2D eigenvalue weighted by atomic mass is 10.3. The Bertz CT molecular complexity index is 506. The average molecular weight is 343 g/mol. The van der Waals surface area contributed by atoms with Crippen LogP contribution < -0.4 is 15.9 Å². The van der Waals surface area contributed by atoms with Gasteiger partial charge in [0.1, 0.15) is 11.8 Å². The van der Waals surface area contributed by atoms with Crippen LogP contribution in [0, 0.1) is 20.3 Å². The number of rotatable bonds is 4. The average Bonchev–Trinajstić information content (AvgIpc) is 2.31. The molecule has 0 aliphatic heterocycles. The highest BCUT2D eigenvalue weighted by molar-refractivity contribution is 14.1. The van der Waals surface area contributed by atoms with E-state index < -0.39 is 0 Å². The molecule has 6 nitrogen and oxygen atoms in total. The fourth-order valence-corrected chi connectivity index (χ4v) is 1.55. The van der Waals surface area contributed by atoms with Crippen molar-refractivity contribution < 1.29 is 4.74 Å². The van der Waals surface area contributed by atoms with Crippen molar-refractivity contribution in [2.24, 2.45) is 10.8 Å². The van der Waals surface area contributed by atoms with Gasteiger partial charge in [-0.25, -0.2) is 0 Å². The minimum Gasteiger partial charge on any atom is -0.496 e. The standard InChI is InChI=1S/C10H10IN5O/c1-17-9-4-6(2-3-7(9)11)15-16-8(5-12)10(13)14/h2-4,15H,1H3,(H3,13,14)/b16-8+. The maximum absolute atomic E-state index is 8.65. The zero-order chi connectivity index (χ0) is 12.8. The molecule has 4 N–H and O–H groups in total. The SMILES string of the molecule is COc1cc(N/N=C(\C#N)C(=N)N)ccc1I. The highest BCUT2D eigenvalue weighted by atomic mass is 127. The summed E-state index contributed by atoms with van der Waals surface area (Å²) in [5, 5.41) is 19.5. The highest BCUT2D eigenvalue weighted by Gasteiger charge is 2.03. The highest BCUT2D eigenvalue weighted by Crippen LogP contribution is 2.24. The number of nitrogens with two attached hydrogens (primary N) is 1. The number of benzene rings is 1. The first-order valence-electron chi connectivity index (χ1n) is 4.50. The molecule has 0 bridgehead atoms. The Kier molecular flexibility index (Phi) is 4.71. The Labute approximate surface area is 112 Å². The van der Waals surface area contributed by atoms with Crippen LogP contribution in [0.25, 0.3) is 0 Å². The smallest absolute Gasteiger partial charge is 0.201 e. The molecule has 0 saturated heterocycles. The van der Waals surface area contributed by atoms with Crippen molar-refractivity contribution in [3.8, 4) is 11.8 Å². The van der Waals surface area contributed by atoms with Crippen LogP contribution in [-0.2, 0) is 0 Å². The molecule has 7 heteroatoms. The minimum atomic E-state index is -0.377. The zero-order valence-corrected chi connectivity index (χ0v) is 11.1. The lowest BCUT2D eigenvalue weighted by Crippen LogP contribution is -2.21. The largest absolute Gasteiger partial charge is 0.496 e. The third-order valence-electron chi connectivity index (χ3n) is 1.81. The molecule has 0 heterocycles. The van der Waals surface area contributed by atoms with Gasteiger partial charge >= 0.3 is 0 Å². The van der Waals surface area contributed by atoms with Crippen LogP contribution in [0.4, 0.5) is 5.69 Å². The Balaban J connectivity index is 2.90. The Morgan fingerprint density at radius 2 is 2.35 bits per heavy atom. The molecule has 0 amide bonds. The first-order chi connectivity index (χ1) is 8.08. The molecule has 0 aromatic heterocycles. The van der Waals surface area contributed by atoms with E-state index in [1.807, 2.05) is 6.07 Å².